The molecule has 2 rings (SSSR count). The molecule has 0 aliphatic heterocycles. The van der Waals surface area contributed by atoms with Gasteiger partial charge in [-0.1, -0.05) is 23.7 Å². The number of thiazole rings is 1. The lowest BCUT2D eigenvalue weighted by atomic mass is 10.2. The minimum Gasteiger partial charge on any atom is -0.348 e. The summed E-state index contributed by atoms with van der Waals surface area (Å²) in [5.41, 5.74) is 1.78. The second kappa shape index (κ2) is 6.50. The Labute approximate surface area is 120 Å². The smallest absolute Gasteiger partial charge is 0.244 e. The standard InChI is InChI=1S/C14H13ClN2OS/c1-10-17-13(9-19-10)5-6-14(18)16-8-11-3-2-4-12(15)7-11/h2-7,9H,8H2,1H3,(H,16,18)/b6-5+. The van der Waals surface area contributed by atoms with E-state index in [2.05, 4.69) is 10.3 Å². The van der Waals surface area contributed by atoms with Gasteiger partial charge in [0, 0.05) is 23.0 Å². The van der Waals surface area contributed by atoms with Gasteiger partial charge in [0.15, 0.2) is 0 Å². The molecule has 5 heteroatoms. The number of carbonyl (C=O) groups is 1. The van der Waals surface area contributed by atoms with Gasteiger partial charge in [-0.05, 0) is 30.7 Å². The number of halogens is 1. The third-order valence-electron chi connectivity index (χ3n) is 2.40. The van der Waals surface area contributed by atoms with Crippen LogP contribution in [0.4, 0.5) is 0 Å². The number of amides is 1. The summed E-state index contributed by atoms with van der Waals surface area (Å²) < 4.78 is 0. The fourth-order valence-corrected chi connectivity index (χ4v) is 2.31. The minimum absolute atomic E-state index is 0.148. The molecule has 3 nitrogen and oxygen atoms in total. The molecule has 0 radical (unpaired) electrons. The van der Waals surface area contributed by atoms with E-state index in [4.69, 9.17) is 11.6 Å². The van der Waals surface area contributed by atoms with Crippen molar-refractivity contribution in [1.29, 1.82) is 0 Å². The molecule has 1 aromatic carbocycles. The number of carbonyl (C=O) groups excluding carboxylic acids is 1. The van der Waals surface area contributed by atoms with Crippen LogP contribution in [-0.2, 0) is 11.3 Å². The van der Waals surface area contributed by atoms with Gasteiger partial charge in [-0.2, -0.15) is 0 Å². The normalized spacial score (nSPS) is 10.8. The molecule has 0 spiro atoms. The van der Waals surface area contributed by atoms with E-state index < -0.39 is 0 Å². The topological polar surface area (TPSA) is 42.0 Å². The quantitative estimate of drug-likeness (QED) is 0.877. The third-order valence-corrected chi connectivity index (χ3v) is 3.42. The Morgan fingerprint density at radius 3 is 3.05 bits per heavy atom. The largest absolute Gasteiger partial charge is 0.348 e. The van der Waals surface area contributed by atoms with E-state index in [1.807, 2.05) is 30.5 Å². The van der Waals surface area contributed by atoms with Gasteiger partial charge in [0.25, 0.3) is 0 Å². The summed E-state index contributed by atoms with van der Waals surface area (Å²) >= 11 is 7.43. The maximum absolute atomic E-state index is 11.6. The summed E-state index contributed by atoms with van der Waals surface area (Å²) in [5.74, 6) is -0.148. The molecule has 0 aliphatic carbocycles. The maximum atomic E-state index is 11.6. The Morgan fingerprint density at radius 2 is 2.37 bits per heavy atom. The lowest BCUT2D eigenvalue weighted by Crippen LogP contribution is -2.20. The van der Waals surface area contributed by atoms with Crippen molar-refractivity contribution in [2.75, 3.05) is 0 Å². The van der Waals surface area contributed by atoms with Crippen molar-refractivity contribution < 1.29 is 4.79 Å². The number of aromatic nitrogens is 1. The summed E-state index contributed by atoms with van der Waals surface area (Å²) in [6.07, 6.45) is 3.19. The molecule has 1 amide bonds. The first-order valence-electron chi connectivity index (χ1n) is 5.76. The van der Waals surface area contributed by atoms with Crippen LogP contribution in [0.1, 0.15) is 16.3 Å². The van der Waals surface area contributed by atoms with E-state index in [0.29, 0.717) is 11.6 Å². The molecular weight excluding hydrogens is 280 g/mol. The number of benzene rings is 1. The molecular formula is C14H13ClN2OS. The molecule has 0 aliphatic rings. The van der Waals surface area contributed by atoms with Crippen molar-refractivity contribution in [1.82, 2.24) is 10.3 Å². The van der Waals surface area contributed by atoms with Crippen LogP contribution in [0.3, 0.4) is 0 Å². The highest BCUT2D eigenvalue weighted by Gasteiger charge is 1.99. The van der Waals surface area contributed by atoms with Crippen LogP contribution in [0.5, 0.6) is 0 Å². The van der Waals surface area contributed by atoms with Crippen LogP contribution in [0.15, 0.2) is 35.7 Å². The number of aryl methyl sites for hydroxylation is 1. The molecule has 0 saturated heterocycles. The van der Waals surface area contributed by atoms with Crippen LogP contribution >= 0.6 is 22.9 Å². The second-order valence-corrected chi connectivity index (χ2v) is 5.47. The monoisotopic (exact) mass is 292 g/mol. The fourth-order valence-electron chi connectivity index (χ4n) is 1.51. The Balaban J connectivity index is 1.86. The van der Waals surface area contributed by atoms with Gasteiger partial charge in [-0.25, -0.2) is 4.98 Å². The molecule has 0 bridgehead atoms. The van der Waals surface area contributed by atoms with Gasteiger partial charge in [0.05, 0.1) is 10.7 Å². The highest BCUT2D eigenvalue weighted by Crippen LogP contribution is 2.11. The molecule has 0 saturated carbocycles. The SMILES string of the molecule is Cc1nc(/C=C/C(=O)NCc2cccc(Cl)c2)cs1. The van der Waals surface area contributed by atoms with Crippen LogP contribution in [0.2, 0.25) is 5.02 Å². The average molecular weight is 293 g/mol. The van der Waals surface area contributed by atoms with Gasteiger partial charge < -0.3 is 5.32 Å². The predicted molar refractivity (Wildman–Crippen MR) is 79.2 cm³/mol. The van der Waals surface area contributed by atoms with E-state index in [-0.39, 0.29) is 5.91 Å². The molecule has 0 unspecified atom stereocenters. The van der Waals surface area contributed by atoms with E-state index in [1.165, 1.54) is 6.08 Å². The molecule has 19 heavy (non-hydrogen) atoms. The first-order valence-corrected chi connectivity index (χ1v) is 7.02. The van der Waals surface area contributed by atoms with E-state index in [0.717, 1.165) is 16.3 Å². The van der Waals surface area contributed by atoms with Crippen molar-refractivity contribution in [3.63, 3.8) is 0 Å². The number of hydrogen-bond donors (Lipinski definition) is 1. The van der Waals surface area contributed by atoms with Gasteiger partial charge in [-0.3, -0.25) is 4.79 Å². The molecule has 1 aromatic heterocycles. The van der Waals surface area contributed by atoms with Crippen molar-refractivity contribution in [2.24, 2.45) is 0 Å². The summed E-state index contributed by atoms with van der Waals surface area (Å²) in [5, 5.41) is 6.36. The summed E-state index contributed by atoms with van der Waals surface area (Å²) in [6.45, 7) is 2.39. The molecule has 0 fully saturated rings. The molecule has 1 N–H and O–H groups in total. The Kier molecular flexibility index (Phi) is 4.71. The molecule has 0 atom stereocenters. The van der Waals surface area contributed by atoms with Gasteiger partial charge in [0.1, 0.15) is 0 Å². The van der Waals surface area contributed by atoms with E-state index in [1.54, 1.807) is 23.5 Å². The van der Waals surface area contributed by atoms with Crippen LogP contribution < -0.4 is 5.32 Å². The Bertz CT molecular complexity index is 607. The summed E-state index contributed by atoms with van der Waals surface area (Å²) in [6, 6.07) is 7.41. The zero-order valence-electron chi connectivity index (χ0n) is 10.4. The third kappa shape index (κ3) is 4.50. The highest BCUT2D eigenvalue weighted by atomic mass is 35.5. The Hall–Kier alpha value is -1.65. The van der Waals surface area contributed by atoms with E-state index >= 15 is 0 Å². The second-order valence-electron chi connectivity index (χ2n) is 3.97. The first-order chi connectivity index (χ1) is 9.13. The zero-order chi connectivity index (χ0) is 13.7. The highest BCUT2D eigenvalue weighted by molar-refractivity contribution is 7.09. The lowest BCUT2D eigenvalue weighted by Gasteiger charge is -2.02. The van der Waals surface area contributed by atoms with Gasteiger partial charge >= 0.3 is 0 Å². The minimum atomic E-state index is -0.148. The predicted octanol–water partition coefficient (Wildman–Crippen LogP) is 3.43. The van der Waals surface area contributed by atoms with Gasteiger partial charge in [0.2, 0.25) is 5.91 Å². The molecule has 98 valence electrons. The number of rotatable bonds is 4. The summed E-state index contributed by atoms with van der Waals surface area (Å²) in [7, 11) is 0. The van der Waals surface area contributed by atoms with Crippen molar-refractivity contribution in [2.45, 2.75) is 13.5 Å². The van der Waals surface area contributed by atoms with Crippen LogP contribution in [-0.4, -0.2) is 10.9 Å². The number of nitrogens with zero attached hydrogens (tertiary/aromatic N) is 1. The van der Waals surface area contributed by atoms with Crippen molar-refractivity contribution >= 4 is 34.9 Å². The van der Waals surface area contributed by atoms with E-state index in [9.17, 15) is 4.79 Å². The summed E-state index contributed by atoms with van der Waals surface area (Å²) in [4.78, 5) is 15.9. The van der Waals surface area contributed by atoms with Gasteiger partial charge in [-0.15, -0.1) is 11.3 Å². The zero-order valence-corrected chi connectivity index (χ0v) is 12.0. The average Bonchev–Trinajstić information content (AvgIpc) is 2.80. The number of nitrogens with one attached hydrogen (secondary N) is 1. The van der Waals surface area contributed by atoms with Crippen molar-refractivity contribution in [3.8, 4) is 0 Å². The van der Waals surface area contributed by atoms with Crippen molar-refractivity contribution in [3.05, 3.63) is 57.0 Å². The Morgan fingerprint density at radius 1 is 1.53 bits per heavy atom. The number of hydrogen-bond acceptors (Lipinski definition) is 3. The van der Waals surface area contributed by atoms with Crippen LogP contribution in [0.25, 0.3) is 6.08 Å². The molecule has 1 heterocycles. The van der Waals surface area contributed by atoms with Crippen LogP contribution in [0, 0.1) is 6.92 Å². The fraction of sp³-hybridized carbons (Fsp3) is 0.143. The first kappa shape index (κ1) is 13.8. The molecule has 2 aromatic rings. The lowest BCUT2D eigenvalue weighted by molar-refractivity contribution is -0.116. The maximum Gasteiger partial charge on any atom is 0.244 e.